The summed E-state index contributed by atoms with van der Waals surface area (Å²) in [4.78, 5) is 22.3. The molecule has 0 N–H and O–H groups in total. The number of hydrogen-bond donors (Lipinski definition) is 0. The Labute approximate surface area is 129 Å². The molecule has 1 heterocycles. The van der Waals surface area contributed by atoms with E-state index in [-0.39, 0.29) is 22.5 Å². The highest BCUT2D eigenvalue weighted by Crippen LogP contribution is 2.44. The topological polar surface area (TPSA) is 52.6 Å². The third-order valence-corrected chi connectivity index (χ3v) is 4.09. The van der Waals surface area contributed by atoms with E-state index in [9.17, 15) is 18.4 Å². The van der Waals surface area contributed by atoms with E-state index in [1.54, 1.807) is 30.3 Å². The number of para-hydroxylation sites is 1. The lowest BCUT2D eigenvalue weighted by atomic mass is 10.1. The summed E-state index contributed by atoms with van der Waals surface area (Å²) in [7, 11) is 1.12. The zero-order valence-corrected chi connectivity index (χ0v) is 12.6. The molecule has 0 aliphatic rings. The van der Waals surface area contributed by atoms with Gasteiger partial charge in [0.25, 0.3) is 5.92 Å². The molecular weight excluding hydrogens is 314 g/mol. The van der Waals surface area contributed by atoms with Crippen LogP contribution >= 0.6 is 11.3 Å². The first-order valence-electron chi connectivity index (χ1n) is 6.20. The van der Waals surface area contributed by atoms with Gasteiger partial charge in [-0.25, -0.2) is 13.6 Å². The Bertz CT molecular complexity index is 690. The van der Waals surface area contributed by atoms with Gasteiger partial charge in [-0.1, -0.05) is 18.2 Å². The summed E-state index contributed by atoms with van der Waals surface area (Å²) in [6, 6.07) is 8.26. The third-order valence-electron chi connectivity index (χ3n) is 2.75. The molecule has 0 unspecified atom stereocenters. The standard InChI is InChI=1S/C15H12F2O4S/c1-15(16,17)13-10(8-18)11(12(22-13)14(19)20-2)21-9-6-4-3-5-7-9/h3-8H,1-2H3. The molecule has 0 bridgehead atoms. The van der Waals surface area contributed by atoms with Crippen LogP contribution < -0.4 is 4.74 Å². The van der Waals surface area contributed by atoms with Crippen molar-refractivity contribution in [1.82, 2.24) is 0 Å². The van der Waals surface area contributed by atoms with Gasteiger partial charge in [0.1, 0.15) is 5.75 Å². The van der Waals surface area contributed by atoms with Gasteiger partial charge in [-0.05, 0) is 12.1 Å². The van der Waals surface area contributed by atoms with Gasteiger partial charge >= 0.3 is 5.97 Å². The summed E-state index contributed by atoms with van der Waals surface area (Å²) in [5.74, 6) is -4.01. The van der Waals surface area contributed by atoms with Crippen LogP contribution in [0.1, 0.15) is 31.8 Å². The quantitative estimate of drug-likeness (QED) is 0.609. The van der Waals surface area contributed by atoms with Crippen LogP contribution in [0, 0.1) is 0 Å². The van der Waals surface area contributed by atoms with Crippen molar-refractivity contribution in [3.8, 4) is 11.5 Å². The van der Waals surface area contributed by atoms with Crippen molar-refractivity contribution in [1.29, 1.82) is 0 Å². The molecule has 7 heteroatoms. The number of methoxy groups -OCH3 is 1. The SMILES string of the molecule is COC(=O)c1sc(C(C)(F)F)c(C=O)c1Oc1ccccc1. The minimum atomic E-state index is -3.28. The second-order valence-corrected chi connectivity index (χ2v) is 5.44. The van der Waals surface area contributed by atoms with Gasteiger partial charge in [-0.3, -0.25) is 4.79 Å². The molecule has 0 spiro atoms. The molecule has 22 heavy (non-hydrogen) atoms. The van der Waals surface area contributed by atoms with Crippen LogP contribution in [0.5, 0.6) is 11.5 Å². The molecule has 1 aromatic carbocycles. The molecule has 116 valence electrons. The third kappa shape index (κ3) is 3.14. The van der Waals surface area contributed by atoms with Gasteiger partial charge in [0.15, 0.2) is 16.9 Å². The van der Waals surface area contributed by atoms with E-state index in [1.165, 1.54) is 0 Å². The van der Waals surface area contributed by atoms with Crippen molar-refractivity contribution in [3.05, 3.63) is 45.6 Å². The maximum Gasteiger partial charge on any atom is 0.351 e. The number of esters is 1. The molecule has 1 aromatic heterocycles. The highest BCUT2D eigenvalue weighted by molar-refractivity contribution is 7.14. The van der Waals surface area contributed by atoms with Gasteiger partial charge in [0, 0.05) is 6.92 Å². The first kappa shape index (κ1) is 16.1. The predicted molar refractivity (Wildman–Crippen MR) is 77.1 cm³/mol. The van der Waals surface area contributed by atoms with Crippen molar-refractivity contribution < 1.29 is 27.8 Å². The number of alkyl halides is 2. The molecule has 4 nitrogen and oxygen atoms in total. The fraction of sp³-hybridized carbons (Fsp3) is 0.200. The molecule has 0 saturated heterocycles. The molecule has 0 aliphatic heterocycles. The van der Waals surface area contributed by atoms with E-state index >= 15 is 0 Å². The van der Waals surface area contributed by atoms with Gasteiger partial charge in [0.05, 0.1) is 17.6 Å². The maximum atomic E-state index is 13.6. The number of rotatable bonds is 5. The van der Waals surface area contributed by atoms with Gasteiger partial charge < -0.3 is 9.47 Å². The number of aldehydes is 1. The normalized spacial score (nSPS) is 11.1. The maximum absolute atomic E-state index is 13.6. The highest BCUT2D eigenvalue weighted by Gasteiger charge is 2.36. The molecule has 0 saturated carbocycles. The Morgan fingerprint density at radius 1 is 1.27 bits per heavy atom. The van der Waals surface area contributed by atoms with Crippen molar-refractivity contribution in [2.24, 2.45) is 0 Å². The van der Waals surface area contributed by atoms with E-state index in [0.29, 0.717) is 24.0 Å². The second-order valence-electron chi connectivity index (χ2n) is 4.42. The lowest BCUT2D eigenvalue weighted by Gasteiger charge is -2.09. The van der Waals surface area contributed by atoms with E-state index in [2.05, 4.69) is 4.74 Å². The zero-order valence-electron chi connectivity index (χ0n) is 11.8. The van der Waals surface area contributed by atoms with Crippen LogP contribution in [0.3, 0.4) is 0 Å². The fourth-order valence-corrected chi connectivity index (χ4v) is 2.84. The Kier molecular flexibility index (Phi) is 4.56. The molecule has 0 amide bonds. The van der Waals surface area contributed by atoms with Crippen LogP contribution in [0.15, 0.2) is 30.3 Å². The number of halogens is 2. The summed E-state index contributed by atoms with van der Waals surface area (Å²) < 4.78 is 37.3. The Balaban J connectivity index is 2.60. The zero-order chi connectivity index (χ0) is 16.3. The Hall–Kier alpha value is -2.28. The van der Waals surface area contributed by atoms with E-state index in [0.717, 1.165) is 7.11 Å². The van der Waals surface area contributed by atoms with Crippen LogP contribution in [0.2, 0.25) is 0 Å². The molecule has 0 aliphatic carbocycles. The first-order chi connectivity index (χ1) is 10.4. The summed E-state index contributed by atoms with van der Waals surface area (Å²) in [6.07, 6.45) is 0.258. The molecule has 0 fully saturated rings. The van der Waals surface area contributed by atoms with E-state index in [4.69, 9.17) is 4.74 Å². The first-order valence-corrected chi connectivity index (χ1v) is 7.01. The number of ether oxygens (including phenoxy) is 2. The lowest BCUT2D eigenvalue weighted by molar-refractivity contribution is 0.0207. The van der Waals surface area contributed by atoms with Gasteiger partial charge in [-0.15, -0.1) is 11.3 Å². The Morgan fingerprint density at radius 2 is 1.91 bits per heavy atom. The van der Waals surface area contributed by atoms with Crippen LogP contribution in [0.25, 0.3) is 0 Å². The van der Waals surface area contributed by atoms with Gasteiger partial charge in [0.2, 0.25) is 0 Å². The second kappa shape index (κ2) is 6.23. The van der Waals surface area contributed by atoms with Crippen LogP contribution in [0.4, 0.5) is 8.78 Å². The minimum absolute atomic E-state index is 0.176. The highest BCUT2D eigenvalue weighted by atomic mass is 32.1. The van der Waals surface area contributed by atoms with Crippen LogP contribution in [-0.4, -0.2) is 19.4 Å². The monoisotopic (exact) mass is 326 g/mol. The van der Waals surface area contributed by atoms with Crippen molar-refractivity contribution in [2.75, 3.05) is 7.11 Å². The summed E-state index contributed by atoms with van der Waals surface area (Å²) >= 11 is 0.489. The van der Waals surface area contributed by atoms with Crippen LogP contribution in [-0.2, 0) is 10.7 Å². The molecule has 0 atom stereocenters. The average molecular weight is 326 g/mol. The molecule has 2 aromatic rings. The number of hydrogen-bond acceptors (Lipinski definition) is 5. The lowest BCUT2D eigenvalue weighted by Crippen LogP contribution is -2.07. The number of carbonyl (C=O) groups is 2. The molecular formula is C15H12F2O4S. The Morgan fingerprint density at radius 3 is 2.41 bits per heavy atom. The number of benzene rings is 1. The summed E-state index contributed by atoms with van der Waals surface area (Å²) in [5, 5.41) is 0. The summed E-state index contributed by atoms with van der Waals surface area (Å²) in [5.41, 5.74) is -0.346. The number of carbonyl (C=O) groups excluding carboxylic acids is 2. The average Bonchev–Trinajstić information content (AvgIpc) is 2.86. The number of thiophene rings is 1. The van der Waals surface area contributed by atoms with Crippen molar-refractivity contribution in [3.63, 3.8) is 0 Å². The molecule has 2 rings (SSSR count). The summed E-state index contributed by atoms with van der Waals surface area (Å²) in [6.45, 7) is 0.652. The largest absolute Gasteiger partial charge is 0.465 e. The molecule has 0 radical (unpaired) electrons. The van der Waals surface area contributed by atoms with E-state index in [1.807, 2.05) is 0 Å². The predicted octanol–water partition coefficient (Wildman–Crippen LogP) is 4.25. The smallest absolute Gasteiger partial charge is 0.351 e. The van der Waals surface area contributed by atoms with Crippen molar-refractivity contribution >= 4 is 23.6 Å². The fourth-order valence-electron chi connectivity index (χ4n) is 1.80. The van der Waals surface area contributed by atoms with Gasteiger partial charge in [-0.2, -0.15) is 0 Å². The minimum Gasteiger partial charge on any atom is -0.465 e. The van der Waals surface area contributed by atoms with Crippen molar-refractivity contribution in [2.45, 2.75) is 12.8 Å². The van der Waals surface area contributed by atoms with E-state index < -0.39 is 16.8 Å².